The van der Waals surface area contributed by atoms with E-state index >= 15 is 0 Å². The second-order valence-corrected chi connectivity index (χ2v) is 2.59. The zero-order valence-corrected chi connectivity index (χ0v) is 7.52. The largest absolute Gasteiger partial charge is 0.507 e. The highest BCUT2D eigenvalue weighted by molar-refractivity contribution is 9.10. The number of carbonyl (C=O) groups is 1. The van der Waals surface area contributed by atoms with Crippen molar-refractivity contribution in [2.45, 2.75) is 0 Å². The number of halogens is 1. The van der Waals surface area contributed by atoms with Gasteiger partial charge in [-0.25, -0.2) is 4.79 Å². The van der Waals surface area contributed by atoms with Crippen LogP contribution in [0.1, 0.15) is 0 Å². The topological polar surface area (TPSA) is 77.8 Å². The Morgan fingerprint density at radius 3 is 1.92 bits per heavy atom. The number of benzene rings is 1. The minimum atomic E-state index is -1.83. The summed E-state index contributed by atoms with van der Waals surface area (Å²) in [5.41, 5.74) is 0. The summed E-state index contributed by atoms with van der Waals surface area (Å²) in [7, 11) is 0. The summed E-state index contributed by atoms with van der Waals surface area (Å²) in [6, 6.07) is 7.04. The monoisotopic (exact) mass is 234 g/mol. The van der Waals surface area contributed by atoms with Gasteiger partial charge in [-0.1, -0.05) is 12.1 Å². The molecular weight excluding hydrogens is 228 g/mol. The van der Waals surface area contributed by atoms with Crippen molar-refractivity contribution in [3.8, 4) is 5.75 Å². The Hall–Kier alpha value is -1.23. The lowest BCUT2D eigenvalue weighted by atomic mass is 10.3. The molecule has 12 heavy (non-hydrogen) atoms. The molecule has 0 aromatic heterocycles. The molecule has 0 amide bonds. The molecule has 1 aromatic carbocycles. The fourth-order valence-corrected chi connectivity index (χ4v) is 0.737. The highest BCUT2D eigenvalue weighted by Crippen LogP contribution is 2.21. The Kier molecular flexibility index (Phi) is 4.87. The maximum absolute atomic E-state index is 8.87. The van der Waals surface area contributed by atoms with Crippen molar-refractivity contribution in [2.24, 2.45) is 0 Å². The first-order chi connectivity index (χ1) is 5.54. The third-order valence-electron chi connectivity index (χ3n) is 0.852. The van der Waals surface area contributed by atoms with Gasteiger partial charge in [0.25, 0.3) is 0 Å². The number of aromatic hydroxyl groups is 1. The van der Waals surface area contributed by atoms with Gasteiger partial charge in [-0.15, -0.1) is 0 Å². The molecule has 0 aliphatic carbocycles. The minimum Gasteiger partial charge on any atom is -0.507 e. The van der Waals surface area contributed by atoms with Gasteiger partial charge in [0.2, 0.25) is 0 Å². The number of rotatable bonds is 0. The highest BCUT2D eigenvalue weighted by Gasteiger charge is 1.89. The molecule has 0 saturated heterocycles. The molecule has 0 bridgehead atoms. The van der Waals surface area contributed by atoms with Gasteiger partial charge < -0.3 is 15.3 Å². The van der Waals surface area contributed by atoms with E-state index in [9.17, 15) is 0 Å². The Morgan fingerprint density at radius 1 is 1.25 bits per heavy atom. The van der Waals surface area contributed by atoms with Gasteiger partial charge in [-0.05, 0) is 28.1 Å². The van der Waals surface area contributed by atoms with Crippen molar-refractivity contribution in [3.63, 3.8) is 0 Å². The van der Waals surface area contributed by atoms with Crippen LogP contribution in [0.25, 0.3) is 0 Å². The lowest BCUT2D eigenvalue weighted by Crippen LogP contribution is -1.81. The molecule has 0 atom stereocenters. The van der Waals surface area contributed by atoms with Crippen LogP contribution in [0.2, 0.25) is 0 Å². The van der Waals surface area contributed by atoms with Crippen LogP contribution < -0.4 is 0 Å². The lowest BCUT2D eigenvalue weighted by molar-refractivity contribution is 0.137. The number of phenolic OH excluding ortho intramolecular Hbond substituents is 1. The first kappa shape index (κ1) is 10.8. The standard InChI is InChI=1S/C6H5BrO.CH2O3/c7-5-3-1-2-4-6(5)8;2-1(3)4/h1-4,8H;(H2,2,3,4). The molecule has 0 fully saturated rings. The number of carboxylic acid groups (broad SMARTS) is 2. The van der Waals surface area contributed by atoms with E-state index < -0.39 is 6.16 Å². The third kappa shape index (κ3) is 5.55. The SMILES string of the molecule is O=C(O)O.Oc1ccccc1Br. The first-order valence-corrected chi connectivity index (χ1v) is 3.68. The van der Waals surface area contributed by atoms with Gasteiger partial charge in [0.1, 0.15) is 5.75 Å². The van der Waals surface area contributed by atoms with Crippen molar-refractivity contribution in [1.82, 2.24) is 0 Å². The van der Waals surface area contributed by atoms with Crippen LogP contribution in [-0.2, 0) is 0 Å². The van der Waals surface area contributed by atoms with Gasteiger partial charge >= 0.3 is 6.16 Å². The van der Waals surface area contributed by atoms with Crippen molar-refractivity contribution in [2.75, 3.05) is 0 Å². The van der Waals surface area contributed by atoms with Crippen LogP contribution in [0, 0.1) is 0 Å². The Morgan fingerprint density at radius 2 is 1.67 bits per heavy atom. The Balaban J connectivity index is 0.000000261. The smallest absolute Gasteiger partial charge is 0.503 e. The van der Waals surface area contributed by atoms with Crippen molar-refractivity contribution >= 4 is 22.1 Å². The summed E-state index contributed by atoms with van der Waals surface area (Å²) in [4.78, 5) is 8.56. The lowest BCUT2D eigenvalue weighted by Gasteiger charge is -1.90. The van der Waals surface area contributed by atoms with Gasteiger partial charge in [0.05, 0.1) is 4.47 Å². The van der Waals surface area contributed by atoms with E-state index in [1.165, 1.54) is 0 Å². The first-order valence-electron chi connectivity index (χ1n) is 2.89. The summed E-state index contributed by atoms with van der Waals surface area (Å²) in [6.45, 7) is 0. The zero-order valence-electron chi connectivity index (χ0n) is 5.94. The predicted octanol–water partition coefficient (Wildman–Crippen LogP) is 2.38. The number of hydrogen-bond donors (Lipinski definition) is 3. The molecule has 1 rings (SSSR count). The van der Waals surface area contributed by atoms with Gasteiger partial charge in [-0.3, -0.25) is 0 Å². The van der Waals surface area contributed by atoms with E-state index in [4.69, 9.17) is 20.1 Å². The fraction of sp³-hybridized carbons (Fsp3) is 0. The Bertz CT molecular complexity index is 236. The second kappa shape index (κ2) is 5.42. The quantitative estimate of drug-likeness (QED) is 0.645. The van der Waals surface area contributed by atoms with Crippen molar-refractivity contribution in [1.29, 1.82) is 0 Å². The van der Waals surface area contributed by atoms with Gasteiger partial charge in [0.15, 0.2) is 0 Å². The van der Waals surface area contributed by atoms with E-state index in [1.54, 1.807) is 18.2 Å². The molecule has 0 heterocycles. The summed E-state index contributed by atoms with van der Waals surface area (Å²) < 4.78 is 0.736. The normalized spacial score (nSPS) is 8.08. The van der Waals surface area contributed by atoms with Gasteiger partial charge in [-0.2, -0.15) is 0 Å². The molecular formula is C7H7BrO4. The fourth-order valence-electron chi connectivity index (χ4n) is 0.452. The molecule has 0 aliphatic heterocycles. The second-order valence-electron chi connectivity index (χ2n) is 1.73. The summed E-state index contributed by atoms with van der Waals surface area (Å²) in [6.07, 6.45) is -1.83. The Labute approximate surface area is 77.2 Å². The average molecular weight is 235 g/mol. The van der Waals surface area contributed by atoms with Crippen LogP contribution in [0.5, 0.6) is 5.75 Å². The molecule has 0 radical (unpaired) electrons. The van der Waals surface area contributed by atoms with Crippen LogP contribution in [0.4, 0.5) is 4.79 Å². The molecule has 0 unspecified atom stereocenters. The van der Waals surface area contributed by atoms with Crippen LogP contribution in [-0.4, -0.2) is 21.5 Å². The number of hydrogen-bond acceptors (Lipinski definition) is 2. The van der Waals surface area contributed by atoms with E-state index in [0.717, 1.165) is 4.47 Å². The summed E-state index contributed by atoms with van der Waals surface area (Å²) in [5.74, 6) is 0.285. The van der Waals surface area contributed by atoms with Crippen LogP contribution in [0.3, 0.4) is 0 Å². The molecule has 3 N–H and O–H groups in total. The number of phenols is 1. The average Bonchev–Trinajstić information content (AvgIpc) is 1.94. The summed E-state index contributed by atoms with van der Waals surface area (Å²) in [5, 5.41) is 22.8. The molecule has 5 heteroatoms. The summed E-state index contributed by atoms with van der Waals surface area (Å²) >= 11 is 3.15. The van der Waals surface area contributed by atoms with Crippen LogP contribution >= 0.6 is 15.9 Å². The predicted molar refractivity (Wildman–Crippen MR) is 46.5 cm³/mol. The van der Waals surface area contributed by atoms with E-state index in [1.807, 2.05) is 6.07 Å². The maximum Gasteiger partial charge on any atom is 0.503 e. The third-order valence-corrected chi connectivity index (χ3v) is 1.52. The molecule has 1 aromatic rings. The highest BCUT2D eigenvalue weighted by atomic mass is 79.9. The van der Waals surface area contributed by atoms with Crippen LogP contribution in [0.15, 0.2) is 28.7 Å². The van der Waals surface area contributed by atoms with Crippen molar-refractivity contribution in [3.05, 3.63) is 28.7 Å². The van der Waals surface area contributed by atoms with Gasteiger partial charge in [0, 0.05) is 0 Å². The molecule has 0 saturated carbocycles. The molecule has 4 nitrogen and oxygen atoms in total. The minimum absolute atomic E-state index is 0.285. The molecule has 66 valence electrons. The number of para-hydroxylation sites is 1. The molecule has 0 aliphatic rings. The van der Waals surface area contributed by atoms with E-state index in [2.05, 4.69) is 15.9 Å². The van der Waals surface area contributed by atoms with Crippen molar-refractivity contribution < 1.29 is 20.1 Å². The molecule has 0 spiro atoms. The zero-order chi connectivity index (χ0) is 9.56. The maximum atomic E-state index is 8.87. The van der Waals surface area contributed by atoms with E-state index in [0.29, 0.717) is 0 Å². The van der Waals surface area contributed by atoms with E-state index in [-0.39, 0.29) is 5.75 Å².